The standard InChI is InChI=1S/C12H18O4/c1-3-4-5-8-6-9(13)7-10(8)11(14)12(15)16-2/h3-4,8,10-11,14H,5-7H2,1-2H3. The van der Waals surface area contributed by atoms with Gasteiger partial charge in [0.25, 0.3) is 0 Å². The highest BCUT2D eigenvalue weighted by atomic mass is 16.5. The first kappa shape index (κ1) is 12.9. The van der Waals surface area contributed by atoms with Crippen LogP contribution in [0.4, 0.5) is 0 Å². The fourth-order valence-electron chi connectivity index (χ4n) is 2.19. The number of hydrogen-bond acceptors (Lipinski definition) is 4. The van der Waals surface area contributed by atoms with E-state index < -0.39 is 12.1 Å². The van der Waals surface area contributed by atoms with E-state index in [4.69, 9.17) is 0 Å². The molecule has 3 unspecified atom stereocenters. The molecule has 0 aromatic carbocycles. The van der Waals surface area contributed by atoms with Crippen molar-refractivity contribution in [3.63, 3.8) is 0 Å². The molecular formula is C12H18O4. The van der Waals surface area contributed by atoms with Crippen LogP contribution in [0.5, 0.6) is 0 Å². The van der Waals surface area contributed by atoms with Gasteiger partial charge in [-0.3, -0.25) is 4.79 Å². The highest BCUT2D eigenvalue weighted by Gasteiger charge is 2.40. The van der Waals surface area contributed by atoms with Gasteiger partial charge in [0.2, 0.25) is 0 Å². The van der Waals surface area contributed by atoms with Crippen LogP contribution in [0.2, 0.25) is 0 Å². The predicted molar refractivity (Wildman–Crippen MR) is 58.7 cm³/mol. The Morgan fingerprint density at radius 1 is 1.62 bits per heavy atom. The number of aliphatic hydroxyl groups is 1. The Kier molecular flexibility index (Phi) is 4.68. The summed E-state index contributed by atoms with van der Waals surface area (Å²) in [5.41, 5.74) is 0. The number of aliphatic hydroxyl groups excluding tert-OH is 1. The minimum atomic E-state index is -1.17. The summed E-state index contributed by atoms with van der Waals surface area (Å²) < 4.78 is 4.49. The number of ether oxygens (including phenoxy) is 1. The molecule has 1 rings (SSSR count). The molecule has 0 spiro atoms. The maximum atomic E-state index is 11.4. The third-order valence-corrected chi connectivity index (χ3v) is 3.08. The normalized spacial score (nSPS) is 27.3. The van der Waals surface area contributed by atoms with E-state index in [-0.39, 0.29) is 24.0 Å². The lowest BCUT2D eigenvalue weighted by molar-refractivity contribution is -0.154. The van der Waals surface area contributed by atoms with Crippen LogP contribution < -0.4 is 0 Å². The average molecular weight is 226 g/mol. The molecule has 90 valence electrons. The topological polar surface area (TPSA) is 63.6 Å². The number of hydrogen-bond donors (Lipinski definition) is 1. The highest BCUT2D eigenvalue weighted by Crippen LogP contribution is 2.34. The SMILES string of the molecule is CC=CCC1CC(=O)CC1C(O)C(=O)OC. The summed E-state index contributed by atoms with van der Waals surface area (Å²) in [6.45, 7) is 1.91. The lowest BCUT2D eigenvalue weighted by atomic mass is 9.88. The molecule has 0 saturated heterocycles. The molecule has 0 radical (unpaired) electrons. The summed E-state index contributed by atoms with van der Waals surface area (Å²) in [6.07, 6.45) is 4.14. The Morgan fingerprint density at radius 3 is 2.88 bits per heavy atom. The third-order valence-electron chi connectivity index (χ3n) is 3.08. The van der Waals surface area contributed by atoms with Crippen molar-refractivity contribution in [1.29, 1.82) is 0 Å². The molecule has 4 heteroatoms. The molecule has 1 aliphatic carbocycles. The largest absolute Gasteiger partial charge is 0.467 e. The number of methoxy groups -OCH3 is 1. The Labute approximate surface area is 95.3 Å². The molecule has 0 heterocycles. The molecule has 16 heavy (non-hydrogen) atoms. The van der Waals surface area contributed by atoms with Crippen LogP contribution in [0, 0.1) is 11.8 Å². The molecule has 0 aromatic rings. The molecule has 1 saturated carbocycles. The number of ketones is 1. The second kappa shape index (κ2) is 5.80. The number of allylic oxidation sites excluding steroid dienone is 2. The first-order valence-corrected chi connectivity index (χ1v) is 5.48. The molecule has 0 bridgehead atoms. The van der Waals surface area contributed by atoms with Gasteiger partial charge in [0.1, 0.15) is 5.78 Å². The van der Waals surface area contributed by atoms with Gasteiger partial charge in [0, 0.05) is 18.8 Å². The summed E-state index contributed by atoms with van der Waals surface area (Å²) in [5.74, 6) is -0.776. The number of carbonyl (C=O) groups excluding carboxylic acids is 2. The van der Waals surface area contributed by atoms with E-state index in [2.05, 4.69) is 4.74 Å². The zero-order valence-corrected chi connectivity index (χ0v) is 9.68. The molecule has 4 nitrogen and oxygen atoms in total. The fraction of sp³-hybridized carbons (Fsp3) is 0.667. The zero-order valence-electron chi connectivity index (χ0n) is 9.68. The lowest BCUT2D eigenvalue weighted by Crippen LogP contribution is -2.32. The number of esters is 1. The van der Waals surface area contributed by atoms with E-state index in [1.165, 1.54) is 7.11 Å². The second-order valence-corrected chi connectivity index (χ2v) is 4.14. The fourth-order valence-corrected chi connectivity index (χ4v) is 2.19. The second-order valence-electron chi connectivity index (χ2n) is 4.14. The van der Waals surface area contributed by atoms with E-state index in [1.807, 2.05) is 19.1 Å². The van der Waals surface area contributed by atoms with Gasteiger partial charge in [-0.25, -0.2) is 4.79 Å². The van der Waals surface area contributed by atoms with Gasteiger partial charge in [-0.15, -0.1) is 0 Å². The van der Waals surface area contributed by atoms with Crippen molar-refractivity contribution in [2.75, 3.05) is 7.11 Å². The van der Waals surface area contributed by atoms with Crippen LogP contribution in [-0.2, 0) is 14.3 Å². The molecule has 0 aliphatic heterocycles. The Morgan fingerprint density at radius 2 is 2.31 bits per heavy atom. The summed E-state index contributed by atoms with van der Waals surface area (Å²) in [6, 6.07) is 0. The van der Waals surface area contributed by atoms with Crippen molar-refractivity contribution in [1.82, 2.24) is 0 Å². The summed E-state index contributed by atoms with van der Waals surface area (Å²) in [5, 5.41) is 9.75. The molecular weight excluding hydrogens is 208 g/mol. The van der Waals surface area contributed by atoms with E-state index >= 15 is 0 Å². The van der Waals surface area contributed by atoms with Crippen LogP contribution in [0.15, 0.2) is 12.2 Å². The minimum Gasteiger partial charge on any atom is -0.467 e. The van der Waals surface area contributed by atoms with Crippen LogP contribution in [0.25, 0.3) is 0 Å². The summed E-state index contributed by atoms with van der Waals surface area (Å²) in [4.78, 5) is 22.6. The van der Waals surface area contributed by atoms with Gasteiger partial charge in [-0.05, 0) is 19.3 Å². The van der Waals surface area contributed by atoms with E-state index in [9.17, 15) is 14.7 Å². The van der Waals surface area contributed by atoms with Crippen molar-refractivity contribution < 1.29 is 19.4 Å². The van der Waals surface area contributed by atoms with Gasteiger partial charge >= 0.3 is 5.97 Å². The van der Waals surface area contributed by atoms with Crippen LogP contribution >= 0.6 is 0 Å². The van der Waals surface area contributed by atoms with Crippen molar-refractivity contribution in [2.24, 2.45) is 11.8 Å². The first-order valence-electron chi connectivity index (χ1n) is 5.48. The van der Waals surface area contributed by atoms with Crippen LogP contribution in [0.1, 0.15) is 26.2 Å². The quantitative estimate of drug-likeness (QED) is 0.575. The lowest BCUT2D eigenvalue weighted by Gasteiger charge is -2.21. The predicted octanol–water partition coefficient (Wildman–Crippen LogP) is 1.08. The van der Waals surface area contributed by atoms with Crippen LogP contribution in [-0.4, -0.2) is 30.1 Å². The van der Waals surface area contributed by atoms with Crippen molar-refractivity contribution >= 4 is 11.8 Å². The third kappa shape index (κ3) is 2.92. The molecule has 1 aliphatic rings. The summed E-state index contributed by atoms with van der Waals surface area (Å²) >= 11 is 0. The van der Waals surface area contributed by atoms with Gasteiger partial charge < -0.3 is 9.84 Å². The monoisotopic (exact) mass is 226 g/mol. The minimum absolute atomic E-state index is 0.0535. The zero-order chi connectivity index (χ0) is 12.1. The van der Waals surface area contributed by atoms with E-state index in [0.717, 1.165) is 6.42 Å². The number of carbonyl (C=O) groups is 2. The van der Waals surface area contributed by atoms with Crippen molar-refractivity contribution in [2.45, 2.75) is 32.3 Å². The maximum Gasteiger partial charge on any atom is 0.334 e. The van der Waals surface area contributed by atoms with Crippen LogP contribution in [0.3, 0.4) is 0 Å². The Bertz CT molecular complexity index is 295. The van der Waals surface area contributed by atoms with Crippen molar-refractivity contribution in [3.8, 4) is 0 Å². The molecule has 3 atom stereocenters. The van der Waals surface area contributed by atoms with Crippen molar-refractivity contribution in [3.05, 3.63) is 12.2 Å². The van der Waals surface area contributed by atoms with E-state index in [1.54, 1.807) is 0 Å². The number of rotatable bonds is 4. The Hall–Kier alpha value is -1.16. The molecule has 0 aromatic heterocycles. The molecule has 1 N–H and O–H groups in total. The smallest absolute Gasteiger partial charge is 0.334 e. The summed E-state index contributed by atoms with van der Waals surface area (Å²) in [7, 11) is 1.24. The average Bonchev–Trinajstić information content (AvgIpc) is 2.65. The molecule has 1 fully saturated rings. The van der Waals surface area contributed by atoms with Gasteiger partial charge in [0.15, 0.2) is 6.10 Å². The van der Waals surface area contributed by atoms with E-state index in [0.29, 0.717) is 6.42 Å². The Balaban J connectivity index is 2.68. The molecule has 0 amide bonds. The van der Waals surface area contributed by atoms with Gasteiger partial charge in [0.05, 0.1) is 7.11 Å². The number of Topliss-reactive ketones (excluding diaryl/α,β-unsaturated/α-hetero) is 1. The van der Waals surface area contributed by atoms with Gasteiger partial charge in [-0.2, -0.15) is 0 Å². The van der Waals surface area contributed by atoms with Gasteiger partial charge in [-0.1, -0.05) is 12.2 Å². The maximum absolute atomic E-state index is 11.4. The highest BCUT2D eigenvalue weighted by molar-refractivity contribution is 5.83. The first-order chi connectivity index (χ1) is 7.60.